The van der Waals surface area contributed by atoms with Crippen molar-refractivity contribution in [2.45, 2.75) is 32.9 Å². The summed E-state index contributed by atoms with van der Waals surface area (Å²) in [7, 11) is 0. The average Bonchev–Trinajstić information content (AvgIpc) is 2.92. The second-order valence-corrected chi connectivity index (χ2v) is 4.89. The quantitative estimate of drug-likeness (QED) is 0.632. The van der Waals surface area contributed by atoms with Gasteiger partial charge in [0.25, 0.3) is 0 Å². The van der Waals surface area contributed by atoms with Crippen molar-refractivity contribution in [2.75, 3.05) is 0 Å². The van der Waals surface area contributed by atoms with Gasteiger partial charge in [-0.2, -0.15) is 16.4 Å². The van der Waals surface area contributed by atoms with E-state index in [1.54, 1.807) is 11.3 Å². The van der Waals surface area contributed by atoms with Gasteiger partial charge in [0.15, 0.2) is 0 Å². The van der Waals surface area contributed by atoms with Crippen LogP contribution in [0.3, 0.4) is 0 Å². The minimum Gasteiger partial charge on any atom is -0.272 e. The highest BCUT2D eigenvalue weighted by molar-refractivity contribution is 7.08. The molecule has 2 rings (SSSR count). The van der Waals surface area contributed by atoms with E-state index >= 15 is 0 Å². The van der Waals surface area contributed by atoms with Gasteiger partial charge < -0.3 is 0 Å². The lowest BCUT2D eigenvalue weighted by Gasteiger charge is -2.13. The Morgan fingerprint density at radius 1 is 1.53 bits per heavy atom. The fourth-order valence-corrected chi connectivity index (χ4v) is 2.79. The normalized spacial score (nSPS) is 12.9. The number of aromatic nitrogens is 2. The molecule has 2 aromatic heterocycles. The number of thiophene rings is 1. The third-order valence-electron chi connectivity index (χ3n) is 2.81. The van der Waals surface area contributed by atoms with E-state index in [9.17, 15) is 0 Å². The zero-order valence-electron chi connectivity index (χ0n) is 10.2. The van der Waals surface area contributed by atoms with Gasteiger partial charge in [0, 0.05) is 18.3 Å². The molecule has 0 aliphatic rings. The third-order valence-corrected chi connectivity index (χ3v) is 3.69. The highest BCUT2D eigenvalue weighted by Crippen LogP contribution is 2.26. The zero-order chi connectivity index (χ0) is 12.3. The second-order valence-electron chi connectivity index (χ2n) is 4.15. The monoisotopic (exact) mass is 250 g/mol. The molecule has 0 aliphatic carbocycles. The fourth-order valence-electron chi connectivity index (χ4n) is 1.91. The smallest absolute Gasteiger partial charge is 0.0751 e. The lowest BCUT2D eigenvalue weighted by molar-refractivity contribution is 0.597. The first-order chi connectivity index (χ1) is 8.26. The number of nitrogens with two attached hydrogens (primary N) is 1. The van der Waals surface area contributed by atoms with Crippen LogP contribution in [0.1, 0.15) is 36.1 Å². The molecule has 92 valence electrons. The van der Waals surface area contributed by atoms with Crippen LogP contribution in [0.25, 0.3) is 0 Å². The predicted octanol–water partition coefficient (Wildman–Crippen LogP) is 2.22. The molecule has 0 fully saturated rings. The van der Waals surface area contributed by atoms with Crippen molar-refractivity contribution in [1.29, 1.82) is 0 Å². The maximum Gasteiger partial charge on any atom is 0.0751 e. The van der Waals surface area contributed by atoms with Crippen LogP contribution in [-0.2, 0) is 6.54 Å². The van der Waals surface area contributed by atoms with Crippen LogP contribution in [0, 0.1) is 6.92 Å². The molecule has 0 bridgehead atoms. The van der Waals surface area contributed by atoms with Gasteiger partial charge in [0.1, 0.15) is 0 Å². The first kappa shape index (κ1) is 12.3. The third kappa shape index (κ3) is 2.57. The van der Waals surface area contributed by atoms with E-state index in [-0.39, 0.29) is 6.04 Å². The van der Waals surface area contributed by atoms with Crippen molar-refractivity contribution in [3.05, 3.63) is 39.8 Å². The summed E-state index contributed by atoms with van der Waals surface area (Å²) in [6.07, 6.45) is 5.03. The molecule has 0 aliphatic heterocycles. The average molecular weight is 250 g/mol. The topological polar surface area (TPSA) is 55.9 Å². The van der Waals surface area contributed by atoms with Crippen LogP contribution in [0.15, 0.2) is 23.2 Å². The predicted molar refractivity (Wildman–Crippen MR) is 70.7 cm³/mol. The molecule has 17 heavy (non-hydrogen) atoms. The molecule has 3 N–H and O–H groups in total. The van der Waals surface area contributed by atoms with Crippen molar-refractivity contribution in [3.8, 4) is 0 Å². The molecule has 2 heterocycles. The Bertz CT molecular complexity index is 474. The molecule has 0 saturated heterocycles. The van der Waals surface area contributed by atoms with Crippen molar-refractivity contribution in [2.24, 2.45) is 5.84 Å². The first-order valence-corrected chi connectivity index (χ1v) is 6.71. The van der Waals surface area contributed by atoms with Crippen LogP contribution in [-0.4, -0.2) is 9.78 Å². The standard InChI is InChI=1S/C12H18N4S/c1-3-4-16-6-10(5-14-16)12(15-13)11-8-17-7-9(11)2/h5-8,12,15H,3-4,13H2,1-2H3. The molecule has 0 radical (unpaired) electrons. The Morgan fingerprint density at radius 2 is 2.35 bits per heavy atom. The zero-order valence-corrected chi connectivity index (χ0v) is 11.0. The van der Waals surface area contributed by atoms with Crippen LogP contribution in [0.2, 0.25) is 0 Å². The minimum absolute atomic E-state index is 0.0341. The van der Waals surface area contributed by atoms with E-state index in [4.69, 9.17) is 5.84 Å². The van der Waals surface area contributed by atoms with Crippen LogP contribution in [0.5, 0.6) is 0 Å². The van der Waals surface area contributed by atoms with Crippen molar-refractivity contribution in [1.82, 2.24) is 15.2 Å². The minimum atomic E-state index is 0.0341. The lowest BCUT2D eigenvalue weighted by atomic mass is 10.0. The lowest BCUT2D eigenvalue weighted by Crippen LogP contribution is -2.28. The first-order valence-electron chi connectivity index (χ1n) is 5.77. The Hall–Kier alpha value is -1.17. The van der Waals surface area contributed by atoms with Crippen LogP contribution >= 0.6 is 11.3 Å². The van der Waals surface area contributed by atoms with Crippen molar-refractivity contribution in [3.63, 3.8) is 0 Å². The van der Waals surface area contributed by atoms with Crippen LogP contribution in [0.4, 0.5) is 0 Å². The van der Waals surface area contributed by atoms with Gasteiger partial charge in [0.2, 0.25) is 0 Å². The van der Waals surface area contributed by atoms with Gasteiger partial charge in [-0.15, -0.1) is 0 Å². The van der Waals surface area contributed by atoms with E-state index in [1.165, 1.54) is 11.1 Å². The molecule has 4 nitrogen and oxygen atoms in total. The molecule has 0 aromatic carbocycles. The number of hydrogen-bond donors (Lipinski definition) is 2. The van der Waals surface area contributed by atoms with Gasteiger partial charge >= 0.3 is 0 Å². The van der Waals surface area contributed by atoms with Gasteiger partial charge in [-0.3, -0.25) is 10.5 Å². The maximum atomic E-state index is 5.67. The number of aryl methyl sites for hydroxylation is 2. The molecule has 0 saturated carbocycles. The van der Waals surface area contributed by atoms with Gasteiger partial charge in [-0.25, -0.2) is 5.43 Å². The van der Waals surface area contributed by atoms with E-state index in [1.807, 2.05) is 10.9 Å². The van der Waals surface area contributed by atoms with E-state index in [0.29, 0.717) is 0 Å². The SMILES string of the molecule is CCCn1cc(C(NN)c2cscc2C)cn1. The van der Waals surface area contributed by atoms with E-state index in [0.717, 1.165) is 18.5 Å². The van der Waals surface area contributed by atoms with Crippen LogP contribution < -0.4 is 11.3 Å². The van der Waals surface area contributed by atoms with Gasteiger partial charge in [-0.1, -0.05) is 6.92 Å². The molecule has 5 heteroatoms. The number of hydrogen-bond acceptors (Lipinski definition) is 4. The molecule has 1 unspecified atom stereocenters. The summed E-state index contributed by atoms with van der Waals surface area (Å²) in [5.74, 6) is 5.67. The summed E-state index contributed by atoms with van der Waals surface area (Å²) in [6.45, 7) is 5.19. The van der Waals surface area contributed by atoms with Gasteiger partial charge in [0.05, 0.1) is 12.2 Å². The largest absolute Gasteiger partial charge is 0.272 e. The summed E-state index contributed by atoms with van der Waals surface area (Å²) < 4.78 is 1.96. The molecule has 0 spiro atoms. The second kappa shape index (κ2) is 5.44. The molecule has 2 aromatic rings. The summed E-state index contributed by atoms with van der Waals surface area (Å²) in [5.41, 5.74) is 6.48. The summed E-state index contributed by atoms with van der Waals surface area (Å²) in [4.78, 5) is 0. The van der Waals surface area contributed by atoms with Gasteiger partial charge in [-0.05, 0) is 35.2 Å². The number of hydrazine groups is 1. The fraction of sp³-hybridized carbons (Fsp3) is 0.417. The Morgan fingerprint density at radius 3 is 2.94 bits per heavy atom. The molecule has 1 atom stereocenters. The van der Waals surface area contributed by atoms with E-state index < -0.39 is 0 Å². The highest BCUT2D eigenvalue weighted by Gasteiger charge is 2.16. The maximum absolute atomic E-state index is 5.67. The Kier molecular flexibility index (Phi) is 3.93. The number of nitrogens with one attached hydrogen (secondary N) is 1. The molecule has 0 amide bonds. The number of rotatable bonds is 5. The Balaban J connectivity index is 2.26. The van der Waals surface area contributed by atoms with E-state index in [2.05, 4.69) is 41.3 Å². The van der Waals surface area contributed by atoms with Crippen molar-refractivity contribution >= 4 is 11.3 Å². The summed E-state index contributed by atoms with van der Waals surface area (Å²) >= 11 is 1.70. The summed E-state index contributed by atoms with van der Waals surface area (Å²) in [6, 6.07) is 0.0341. The van der Waals surface area contributed by atoms with Crippen molar-refractivity contribution < 1.29 is 0 Å². The number of nitrogens with zero attached hydrogens (tertiary/aromatic N) is 2. The summed E-state index contributed by atoms with van der Waals surface area (Å²) in [5, 5.41) is 8.61. The Labute approximate surface area is 105 Å². The highest BCUT2D eigenvalue weighted by atomic mass is 32.1. The molecular formula is C12H18N4S. The molecular weight excluding hydrogens is 232 g/mol.